The standard InChI is InChI=1S/C21H27N3O/c1-17(19-10-12-22-13-11-19)23-20(16-18-8-4-2-5-9-18)21(25)24-14-6-3-7-15-24/h2,4-5,8-13,17,20,23H,3,6-7,14-16H2,1H3/t17-,20-/m0/s1. The van der Waals surface area contributed by atoms with Gasteiger partial charge in [-0.3, -0.25) is 15.1 Å². The number of pyridine rings is 1. The molecule has 2 heterocycles. The molecule has 1 aliphatic rings. The molecule has 2 aromatic rings. The number of carbonyl (C=O) groups excluding carboxylic acids is 1. The van der Waals surface area contributed by atoms with E-state index >= 15 is 0 Å². The second-order valence-corrected chi connectivity index (χ2v) is 6.80. The number of benzene rings is 1. The minimum absolute atomic E-state index is 0.102. The van der Waals surface area contributed by atoms with Crippen LogP contribution in [0.4, 0.5) is 0 Å². The van der Waals surface area contributed by atoms with Crippen molar-refractivity contribution in [2.75, 3.05) is 13.1 Å². The maximum absolute atomic E-state index is 13.1. The van der Waals surface area contributed by atoms with Gasteiger partial charge in [0.25, 0.3) is 0 Å². The molecule has 0 unspecified atom stereocenters. The molecule has 0 spiro atoms. The van der Waals surface area contributed by atoms with Crippen LogP contribution in [0.25, 0.3) is 0 Å². The molecule has 132 valence electrons. The summed E-state index contributed by atoms with van der Waals surface area (Å²) in [6, 6.07) is 14.2. The molecule has 1 aromatic carbocycles. The predicted molar refractivity (Wildman–Crippen MR) is 100 cm³/mol. The second kappa shape index (κ2) is 8.77. The molecule has 1 N–H and O–H groups in total. The van der Waals surface area contributed by atoms with Crippen molar-refractivity contribution in [3.05, 3.63) is 66.0 Å². The fourth-order valence-corrected chi connectivity index (χ4v) is 3.45. The van der Waals surface area contributed by atoms with E-state index in [-0.39, 0.29) is 18.0 Å². The third kappa shape index (κ3) is 4.89. The summed E-state index contributed by atoms with van der Waals surface area (Å²) < 4.78 is 0. The number of hydrogen-bond donors (Lipinski definition) is 1. The maximum atomic E-state index is 13.1. The highest BCUT2D eigenvalue weighted by Crippen LogP contribution is 2.17. The predicted octanol–water partition coefficient (Wildman–Crippen LogP) is 3.36. The van der Waals surface area contributed by atoms with Crippen molar-refractivity contribution in [1.29, 1.82) is 0 Å². The van der Waals surface area contributed by atoms with Crippen molar-refractivity contribution >= 4 is 5.91 Å². The molecule has 2 atom stereocenters. The Bertz CT molecular complexity index is 653. The van der Waals surface area contributed by atoms with Crippen LogP contribution < -0.4 is 5.32 Å². The van der Waals surface area contributed by atoms with Gasteiger partial charge in [-0.25, -0.2) is 0 Å². The van der Waals surface area contributed by atoms with E-state index < -0.39 is 0 Å². The molecular weight excluding hydrogens is 310 g/mol. The highest BCUT2D eigenvalue weighted by molar-refractivity contribution is 5.82. The van der Waals surface area contributed by atoms with Gasteiger partial charge in [0.15, 0.2) is 0 Å². The van der Waals surface area contributed by atoms with Crippen molar-refractivity contribution in [2.24, 2.45) is 0 Å². The number of likely N-dealkylation sites (tertiary alicyclic amines) is 1. The Morgan fingerprint density at radius 3 is 2.44 bits per heavy atom. The van der Waals surface area contributed by atoms with Gasteiger partial charge in [-0.2, -0.15) is 0 Å². The molecule has 4 heteroatoms. The van der Waals surface area contributed by atoms with Gasteiger partial charge >= 0.3 is 0 Å². The molecule has 0 radical (unpaired) electrons. The minimum Gasteiger partial charge on any atom is -0.341 e. The second-order valence-electron chi connectivity index (χ2n) is 6.80. The van der Waals surface area contributed by atoms with Crippen LogP contribution in [-0.2, 0) is 11.2 Å². The minimum atomic E-state index is -0.205. The SMILES string of the molecule is C[C@H](N[C@@H](Cc1ccccc1)C(=O)N1CCCCC1)c1ccncc1. The summed E-state index contributed by atoms with van der Waals surface area (Å²) in [6.45, 7) is 3.88. The first-order valence-electron chi connectivity index (χ1n) is 9.23. The van der Waals surface area contributed by atoms with Crippen molar-refractivity contribution < 1.29 is 4.79 Å². The maximum Gasteiger partial charge on any atom is 0.240 e. The molecule has 0 aliphatic carbocycles. The van der Waals surface area contributed by atoms with Crippen LogP contribution in [0.3, 0.4) is 0 Å². The Balaban J connectivity index is 1.74. The highest BCUT2D eigenvalue weighted by atomic mass is 16.2. The van der Waals surface area contributed by atoms with E-state index in [0.717, 1.165) is 31.5 Å². The summed E-state index contributed by atoms with van der Waals surface area (Å²) >= 11 is 0. The summed E-state index contributed by atoms with van der Waals surface area (Å²) in [6.07, 6.45) is 7.77. The number of carbonyl (C=O) groups is 1. The van der Waals surface area contributed by atoms with Gasteiger partial charge < -0.3 is 4.90 Å². The summed E-state index contributed by atoms with van der Waals surface area (Å²) in [5.41, 5.74) is 2.34. The van der Waals surface area contributed by atoms with Gasteiger partial charge in [0.05, 0.1) is 6.04 Å². The van der Waals surface area contributed by atoms with Crippen molar-refractivity contribution in [3.63, 3.8) is 0 Å². The van der Waals surface area contributed by atoms with E-state index in [9.17, 15) is 4.79 Å². The zero-order valence-corrected chi connectivity index (χ0v) is 14.9. The first kappa shape index (κ1) is 17.6. The molecule has 0 bridgehead atoms. The highest BCUT2D eigenvalue weighted by Gasteiger charge is 2.27. The van der Waals surface area contributed by atoms with E-state index in [1.807, 2.05) is 35.2 Å². The Kier molecular flexibility index (Phi) is 6.18. The Labute approximate surface area is 150 Å². The molecular formula is C21H27N3O. The Hall–Kier alpha value is -2.20. The van der Waals surface area contributed by atoms with Crippen molar-refractivity contribution in [3.8, 4) is 0 Å². The molecule has 1 aliphatic heterocycles. The van der Waals surface area contributed by atoms with Crippen molar-refractivity contribution in [1.82, 2.24) is 15.2 Å². The van der Waals surface area contributed by atoms with E-state index in [2.05, 4.69) is 29.4 Å². The number of hydrogen-bond acceptors (Lipinski definition) is 3. The van der Waals surface area contributed by atoms with E-state index in [0.29, 0.717) is 6.42 Å². The summed E-state index contributed by atoms with van der Waals surface area (Å²) in [5.74, 6) is 0.226. The number of amides is 1. The molecule has 0 saturated carbocycles. The summed E-state index contributed by atoms with van der Waals surface area (Å²) in [7, 11) is 0. The van der Waals surface area contributed by atoms with Crippen molar-refractivity contribution in [2.45, 2.75) is 44.7 Å². The van der Waals surface area contributed by atoms with Gasteiger partial charge in [-0.1, -0.05) is 30.3 Å². The average Bonchev–Trinajstić information content (AvgIpc) is 2.69. The zero-order valence-electron chi connectivity index (χ0n) is 14.9. The first-order chi connectivity index (χ1) is 12.2. The van der Waals surface area contributed by atoms with Crippen LogP contribution in [0, 0.1) is 0 Å². The molecule has 1 fully saturated rings. The lowest BCUT2D eigenvalue weighted by atomic mass is 10.0. The summed E-state index contributed by atoms with van der Waals surface area (Å²) in [4.78, 5) is 19.2. The summed E-state index contributed by atoms with van der Waals surface area (Å²) in [5, 5.41) is 3.56. The number of aromatic nitrogens is 1. The fourth-order valence-electron chi connectivity index (χ4n) is 3.45. The molecule has 3 rings (SSSR count). The molecule has 1 aromatic heterocycles. The number of nitrogens with one attached hydrogen (secondary N) is 1. The van der Waals surface area contributed by atoms with Crippen LogP contribution in [0.2, 0.25) is 0 Å². The Morgan fingerprint density at radius 1 is 1.08 bits per heavy atom. The van der Waals surface area contributed by atoms with Gasteiger partial charge in [0, 0.05) is 31.5 Å². The smallest absolute Gasteiger partial charge is 0.240 e. The third-order valence-corrected chi connectivity index (χ3v) is 4.91. The van der Waals surface area contributed by atoms with E-state index in [1.54, 1.807) is 12.4 Å². The molecule has 4 nitrogen and oxygen atoms in total. The van der Waals surface area contributed by atoms with E-state index in [4.69, 9.17) is 0 Å². The molecule has 25 heavy (non-hydrogen) atoms. The largest absolute Gasteiger partial charge is 0.341 e. The zero-order chi connectivity index (χ0) is 17.5. The van der Waals surface area contributed by atoms with E-state index in [1.165, 1.54) is 12.0 Å². The van der Waals surface area contributed by atoms with Crippen LogP contribution in [-0.4, -0.2) is 34.9 Å². The van der Waals surface area contributed by atoms with Gasteiger partial charge in [0.1, 0.15) is 0 Å². The number of nitrogens with zero attached hydrogens (tertiary/aromatic N) is 2. The lowest BCUT2D eigenvalue weighted by Crippen LogP contribution is -2.49. The topological polar surface area (TPSA) is 45.2 Å². The first-order valence-corrected chi connectivity index (χ1v) is 9.23. The van der Waals surface area contributed by atoms with Gasteiger partial charge in [0.2, 0.25) is 5.91 Å². The number of rotatable bonds is 6. The van der Waals surface area contributed by atoms with Crippen LogP contribution in [0.15, 0.2) is 54.9 Å². The molecule has 1 amide bonds. The number of piperidine rings is 1. The lowest BCUT2D eigenvalue weighted by Gasteiger charge is -2.32. The fraction of sp³-hybridized carbons (Fsp3) is 0.429. The van der Waals surface area contributed by atoms with Crippen LogP contribution in [0.5, 0.6) is 0 Å². The Morgan fingerprint density at radius 2 is 1.76 bits per heavy atom. The van der Waals surface area contributed by atoms with Crippen LogP contribution in [0.1, 0.15) is 43.4 Å². The lowest BCUT2D eigenvalue weighted by molar-refractivity contribution is -0.134. The van der Waals surface area contributed by atoms with Gasteiger partial charge in [-0.15, -0.1) is 0 Å². The normalized spacial score (nSPS) is 17.1. The quantitative estimate of drug-likeness (QED) is 0.879. The van der Waals surface area contributed by atoms with Crippen LogP contribution >= 0.6 is 0 Å². The molecule has 1 saturated heterocycles. The monoisotopic (exact) mass is 337 g/mol. The third-order valence-electron chi connectivity index (χ3n) is 4.91. The van der Waals surface area contributed by atoms with Gasteiger partial charge in [-0.05, 0) is 55.9 Å². The average molecular weight is 337 g/mol.